The normalized spacial score (nSPS) is 16.5. The van der Waals surface area contributed by atoms with E-state index in [1.165, 1.54) is 38.5 Å². The minimum absolute atomic E-state index is 0. The first-order chi connectivity index (χ1) is 9.69. The van der Waals surface area contributed by atoms with Gasteiger partial charge in [-0.1, -0.05) is 26.2 Å². The summed E-state index contributed by atoms with van der Waals surface area (Å²) >= 11 is 0. The van der Waals surface area contributed by atoms with Crippen molar-refractivity contribution in [1.29, 1.82) is 0 Å². The Kier molecular flexibility index (Phi) is 12.5. The zero-order chi connectivity index (χ0) is 14.8. The van der Waals surface area contributed by atoms with E-state index >= 15 is 0 Å². The average Bonchev–Trinajstić information content (AvgIpc) is 3.22. The highest BCUT2D eigenvalue weighted by Crippen LogP contribution is 2.34. The molecule has 1 aliphatic rings. The lowest BCUT2D eigenvalue weighted by Gasteiger charge is -2.23. The minimum Gasteiger partial charge on any atom is -0.357 e. The van der Waals surface area contributed by atoms with Gasteiger partial charge in [0.2, 0.25) is 0 Å². The van der Waals surface area contributed by atoms with Crippen LogP contribution in [0.4, 0.5) is 0 Å². The Labute approximate surface area is 148 Å². The van der Waals surface area contributed by atoms with Crippen LogP contribution < -0.4 is 10.6 Å². The van der Waals surface area contributed by atoms with Gasteiger partial charge in [0, 0.05) is 19.1 Å². The lowest BCUT2D eigenvalue weighted by Crippen LogP contribution is -2.40. The number of rotatable bonds is 10. The van der Waals surface area contributed by atoms with Gasteiger partial charge in [0.1, 0.15) is 0 Å². The van der Waals surface area contributed by atoms with Crippen LogP contribution >= 0.6 is 24.0 Å². The van der Waals surface area contributed by atoms with Crippen LogP contribution in [0.5, 0.6) is 0 Å². The molecule has 0 aromatic rings. The quantitative estimate of drug-likeness (QED) is 0.252. The number of unbranched alkanes of at least 4 members (excludes halogenated alkanes) is 3. The SMILES string of the molecule is CCCCCCNC(=NCC(C1CC1)N(C)C)NCC.I. The second-order valence-corrected chi connectivity index (χ2v) is 6.08. The summed E-state index contributed by atoms with van der Waals surface area (Å²) in [5.74, 6) is 1.85. The lowest BCUT2D eigenvalue weighted by atomic mass is 10.2. The third-order valence-corrected chi connectivity index (χ3v) is 3.93. The smallest absolute Gasteiger partial charge is 0.191 e. The van der Waals surface area contributed by atoms with Gasteiger partial charge in [0.25, 0.3) is 0 Å². The second-order valence-electron chi connectivity index (χ2n) is 6.08. The summed E-state index contributed by atoms with van der Waals surface area (Å²) in [6.07, 6.45) is 7.92. The van der Waals surface area contributed by atoms with Crippen molar-refractivity contribution in [2.24, 2.45) is 10.9 Å². The molecule has 0 aromatic carbocycles. The van der Waals surface area contributed by atoms with E-state index in [1.807, 2.05) is 0 Å². The highest BCUT2D eigenvalue weighted by atomic mass is 127. The largest absolute Gasteiger partial charge is 0.357 e. The minimum atomic E-state index is 0. The van der Waals surface area contributed by atoms with E-state index in [0.29, 0.717) is 6.04 Å². The van der Waals surface area contributed by atoms with Crippen molar-refractivity contribution >= 4 is 29.9 Å². The van der Waals surface area contributed by atoms with Gasteiger partial charge < -0.3 is 15.5 Å². The molecule has 126 valence electrons. The molecule has 1 aliphatic carbocycles. The van der Waals surface area contributed by atoms with E-state index in [1.54, 1.807) is 0 Å². The molecule has 21 heavy (non-hydrogen) atoms. The molecule has 5 heteroatoms. The van der Waals surface area contributed by atoms with Gasteiger partial charge in [-0.05, 0) is 46.2 Å². The van der Waals surface area contributed by atoms with Gasteiger partial charge in [-0.2, -0.15) is 0 Å². The Morgan fingerprint density at radius 3 is 2.38 bits per heavy atom. The number of hydrogen-bond donors (Lipinski definition) is 2. The molecule has 0 spiro atoms. The van der Waals surface area contributed by atoms with E-state index in [-0.39, 0.29) is 24.0 Å². The summed E-state index contributed by atoms with van der Waals surface area (Å²) in [6, 6.07) is 0.602. The van der Waals surface area contributed by atoms with Crippen molar-refractivity contribution in [3.05, 3.63) is 0 Å². The highest BCUT2D eigenvalue weighted by Gasteiger charge is 2.32. The molecule has 0 radical (unpaired) electrons. The molecular formula is C16H35IN4. The van der Waals surface area contributed by atoms with Crippen LogP contribution in [0.25, 0.3) is 0 Å². The van der Waals surface area contributed by atoms with Crippen molar-refractivity contribution in [2.45, 2.75) is 58.4 Å². The van der Waals surface area contributed by atoms with Gasteiger partial charge in [-0.25, -0.2) is 0 Å². The first-order valence-corrected chi connectivity index (χ1v) is 8.37. The van der Waals surface area contributed by atoms with Crippen LogP contribution in [0.3, 0.4) is 0 Å². The van der Waals surface area contributed by atoms with Crippen LogP contribution in [-0.4, -0.2) is 50.6 Å². The molecule has 0 saturated heterocycles. The zero-order valence-electron chi connectivity index (χ0n) is 14.3. The van der Waals surface area contributed by atoms with Crippen LogP contribution in [0.15, 0.2) is 4.99 Å². The first-order valence-electron chi connectivity index (χ1n) is 8.37. The fourth-order valence-electron chi connectivity index (χ4n) is 2.50. The summed E-state index contributed by atoms with van der Waals surface area (Å²) < 4.78 is 0. The number of likely N-dealkylation sites (N-methyl/N-ethyl adjacent to an activating group) is 1. The summed E-state index contributed by atoms with van der Waals surface area (Å²) in [5, 5.41) is 6.80. The monoisotopic (exact) mass is 410 g/mol. The molecule has 1 rings (SSSR count). The molecule has 1 atom stereocenters. The molecule has 0 amide bonds. The Hall–Kier alpha value is -0.0400. The molecule has 1 unspecified atom stereocenters. The first kappa shape index (κ1) is 21.0. The predicted molar refractivity (Wildman–Crippen MR) is 104 cm³/mol. The fraction of sp³-hybridized carbons (Fsp3) is 0.938. The number of nitrogens with one attached hydrogen (secondary N) is 2. The number of nitrogens with zero attached hydrogens (tertiary/aromatic N) is 2. The van der Waals surface area contributed by atoms with Gasteiger partial charge in [0.05, 0.1) is 6.54 Å². The summed E-state index contributed by atoms with van der Waals surface area (Å²) in [6.45, 7) is 7.23. The maximum absolute atomic E-state index is 4.77. The Morgan fingerprint density at radius 1 is 1.14 bits per heavy atom. The standard InChI is InChI=1S/C16H34N4.HI/c1-5-7-8-9-12-18-16(17-6-2)19-13-15(20(3)4)14-10-11-14;/h14-15H,5-13H2,1-4H3,(H2,17,18,19);1H. The van der Waals surface area contributed by atoms with E-state index in [9.17, 15) is 0 Å². The van der Waals surface area contributed by atoms with Crippen molar-refractivity contribution in [3.8, 4) is 0 Å². The van der Waals surface area contributed by atoms with Gasteiger partial charge in [0.15, 0.2) is 5.96 Å². The highest BCUT2D eigenvalue weighted by molar-refractivity contribution is 14.0. The third-order valence-electron chi connectivity index (χ3n) is 3.93. The number of halogens is 1. The molecule has 1 saturated carbocycles. The van der Waals surface area contributed by atoms with Crippen LogP contribution in [0, 0.1) is 5.92 Å². The molecule has 1 fully saturated rings. The van der Waals surface area contributed by atoms with Crippen LogP contribution in [0.2, 0.25) is 0 Å². The number of hydrogen-bond acceptors (Lipinski definition) is 2. The molecule has 0 aromatic heterocycles. The van der Waals surface area contributed by atoms with E-state index in [4.69, 9.17) is 4.99 Å². The van der Waals surface area contributed by atoms with Crippen molar-refractivity contribution in [2.75, 3.05) is 33.7 Å². The predicted octanol–water partition coefficient (Wildman–Crippen LogP) is 3.08. The molecule has 4 nitrogen and oxygen atoms in total. The topological polar surface area (TPSA) is 39.7 Å². The summed E-state index contributed by atoms with van der Waals surface area (Å²) in [4.78, 5) is 7.09. The number of guanidine groups is 1. The van der Waals surface area contributed by atoms with Crippen molar-refractivity contribution in [1.82, 2.24) is 15.5 Å². The molecule has 0 aliphatic heterocycles. The van der Waals surface area contributed by atoms with Crippen molar-refractivity contribution < 1.29 is 0 Å². The van der Waals surface area contributed by atoms with Gasteiger partial charge >= 0.3 is 0 Å². The Bertz CT molecular complexity index is 275. The molecule has 2 N–H and O–H groups in total. The molecule has 0 bridgehead atoms. The summed E-state index contributed by atoms with van der Waals surface area (Å²) in [7, 11) is 4.34. The maximum atomic E-state index is 4.77. The Balaban J connectivity index is 0.00000400. The summed E-state index contributed by atoms with van der Waals surface area (Å²) in [5.41, 5.74) is 0. The van der Waals surface area contributed by atoms with Crippen molar-refractivity contribution in [3.63, 3.8) is 0 Å². The Morgan fingerprint density at radius 2 is 1.86 bits per heavy atom. The van der Waals surface area contributed by atoms with Crippen LogP contribution in [0.1, 0.15) is 52.4 Å². The lowest BCUT2D eigenvalue weighted by molar-refractivity contribution is 0.271. The maximum Gasteiger partial charge on any atom is 0.191 e. The van der Waals surface area contributed by atoms with Gasteiger partial charge in [-0.3, -0.25) is 4.99 Å². The van der Waals surface area contributed by atoms with Gasteiger partial charge in [-0.15, -0.1) is 24.0 Å². The van der Waals surface area contributed by atoms with E-state index in [2.05, 4.69) is 43.5 Å². The average molecular weight is 410 g/mol. The third kappa shape index (κ3) is 9.55. The zero-order valence-corrected chi connectivity index (χ0v) is 16.7. The van der Waals surface area contributed by atoms with E-state index < -0.39 is 0 Å². The van der Waals surface area contributed by atoms with Crippen LogP contribution in [-0.2, 0) is 0 Å². The molecule has 0 heterocycles. The molecular weight excluding hydrogens is 375 g/mol. The second kappa shape index (κ2) is 12.5. The van der Waals surface area contributed by atoms with E-state index in [0.717, 1.165) is 31.5 Å². The number of aliphatic imine (C=N–C) groups is 1. The fourth-order valence-corrected chi connectivity index (χ4v) is 2.50.